The maximum atomic E-state index is 10.9. The van der Waals surface area contributed by atoms with Crippen LogP contribution in [0.25, 0.3) is 0 Å². The molecule has 104 valence electrons. The van der Waals surface area contributed by atoms with E-state index in [0.29, 0.717) is 19.5 Å². The fraction of sp³-hybridized carbons (Fsp3) is 0.286. The number of rotatable bonds is 6. The smallest absolute Gasteiger partial charge is 0.272 e. The standard InChI is InChI=1S/C14H16N4O2/c1-11-16-9-7-13(17-11)10-15-8-6-12-4-2-3-5-14(12)18(19)20/h2-5,7,9,15H,6,8,10H2,1H3. The van der Waals surface area contributed by atoms with Crippen LogP contribution in [0.1, 0.15) is 17.1 Å². The van der Waals surface area contributed by atoms with Gasteiger partial charge >= 0.3 is 0 Å². The molecule has 0 spiro atoms. The van der Waals surface area contributed by atoms with Gasteiger partial charge in [0.25, 0.3) is 5.69 Å². The van der Waals surface area contributed by atoms with Gasteiger partial charge in [0.2, 0.25) is 0 Å². The molecular formula is C14H16N4O2. The third kappa shape index (κ3) is 3.83. The van der Waals surface area contributed by atoms with Crippen molar-refractivity contribution in [1.82, 2.24) is 15.3 Å². The van der Waals surface area contributed by atoms with E-state index in [1.165, 1.54) is 6.07 Å². The van der Waals surface area contributed by atoms with E-state index in [1.807, 2.05) is 19.1 Å². The van der Waals surface area contributed by atoms with Gasteiger partial charge in [0.05, 0.1) is 10.6 Å². The third-order valence-electron chi connectivity index (χ3n) is 2.90. The average Bonchev–Trinajstić information content (AvgIpc) is 2.44. The van der Waals surface area contributed by atoms with Gasteiger partial charge in [-0.1, -0.05) is 18.2 Å². The van der Waals surface area contributed by atoms with Crippen molar-refractivity contribution in [2.24, 2.45) is 0 Å². The van der Waals surface area contributed by atoms with Gasteiger partial charge in [0.1, 0.15) is 5.82 Å². The van der Waals surface area contributed by atoms with Crippen LogP contribution in [0, 0.1) is 17.0 Å². The highest BCUT2D eigenvalue weighted by molar-refractivity contribution is 5.39. The molecule has 2 aromatic rings. The number of benzene rings is 1. The fourth-order valence-corrected chi connectivity index (χ4v) is 1.94. The van der Waals surface area contributed by atoms with Gasteiger partial charge < -0.3 is 5.32 Å². The lowest BCUT2D eigenvalue weighted by molar-refractivity contribution is -0.385. The summed E-state index contributed by atoms with van der Waals surface area (Å²) in [6.45, 7) is 3.13. The zero-order chi connectivity index (χ0) is 14.4. The first-order chi connectivity index (χ1) is 9.66. The van der Waals surface area contributed by atoms with Crippen LogP contribution in [0.2, 0.25) is 0 Å². The summed E-state index contributed by atoms with van der Waals surface area (Å²) in [5.74, 6) is 0.739. The van der Waals surface area contributed by atoms with E-state index in [9.17, 15) is 10.1 Å². The van der Waals surface area contributed by atoms with Gasteiger partial charge in [-0.05, 0) is 26.0 Å². The highest BCUT2D eigenvalue weighted by Gasteiger charge is 2.11. The Balaban J connectivity index is 1.86. The summed E-state index contributed by atoms with van der Waals surface area (Å²) in [7, 11) is 0. The van der Waals surface area contributed by atoms with Crippen molar-refractivity contribution in [3.05, 3.63) is 63.7 Å². The predicted octanol–water partition coefficient (Wildman–Crippen LogP) is 2.03. The van der Waals surface area contributed by atoms with Crippen LogP contribution in [0.3, 0.4) is 0 Å². The van der Waals surface area contributed by atoms with Gasteiger partial charge in [-0.3, -0.25) is 10.1 Å². The Morgan fingerprint density at radius 2 is 2.10 bits per heavy atom. The molecule has 0 saturated carbocycles. The highest BCUT2D eigenvalue weighted by Crippen LogP contribution is 2.17. The van der Waals surface area contributed by atoms with E-state index >= 15 is 0 Å². The second-order valence-corrected chi connectivity index (χ2v) is 4.41. The number of para-hydroxylation sites is 1. The number of hydrogen-bond donors (Lipinski definition) is 1. The Morgan fingerprint density at radius 1 is 1.30 bits per heavy atom. The molecule has 0 aliphatic rings. The van der Waals surface area contributed by atoms with Crippen molar-refractivity contribution >= 4 is 5.69 Å². The Kier molecular flexibility index (Phi) is 4.73. The van der Waals surface area contributed by atoms with Crippen molar-refractivity contribution in [1.29, 1.82) is 0 Å². The molecule has 20 heavy (non-hydrogen) atoms. The van der Waals surface area contributed by atoms with E-state index in [-0.39, 0.29) is 10.6 Å². The summed E-state index contributed by atoms with van der Waals surface area (Å²) in [5, 5.41) is 14.1. The van der Waals surface area contributed by atoms with Crippen molar-refractivity contribution < 1.29 is 4.92 Å². The van der Waals surface area contributed by atoms with E-state index in [0.717, 1.165) is 17.1 Å². The number of nitro benzene ring substituents is 1. The Morgan fingerprint density at radius 3 is 2.85 bits per heavy atom. The molecule has 1 heterocycles. The van der Waals surface area contributed by atoms with Crippen molar-refractivity contribution in [2.75, 3.05) is 6.54 Å². The summed E-state index contributed by atoms with van der Waals surface area (Å²) in [6.07, 6.45) is 2.34. The van der Waals surface area contributed by atoms with E-state index in [1.54, 1.807) is 18.3 Å². The molecule has 2 rings (SSSR count). The average molecular weight is 272 g/mol. The molecule has 0 saturated heterocycles. The predicted molar refractivity (Wildman–Crippen MR) is 75.3 cm³/mol. The molecule has 0 fully saturated rings. The molecule has 0 aliphatic carbocycles. The summed E-state index contributed by atoms with van der Waals surface area (Å²) in [5.41, 5.74) is 1.83. The zero-order valence-corrected chi connectivity index (χ0v) is 11.2. The molecule has 0 unspecified atom stereocenters. The molecule has 0 aliphatic heterocycles. The minimum atomic E-state index is -0.344. The fourth-order valence-electron chi connectivity index (χ4n) is 1.94. The normalized spacial score (nSPS) is 10.4. The van der Waals surface area contributed by atoms with E-state index in [4.69, 9.17) is 0 Å². The van der Waals surface area contributed by atoms with E-state index in [2.05, 4.69) is 15.3 Å². The van der Waals surface area contributed by atoms with Gasteiger partial charge in [-0.2, -0.15) is 0 Å². The van der Waals surface area contributed by atoms with Crippen LogP contribution < -0.4 is 5.32 Å². The van der Waals surface area contributed by atoms with Crippen molar-refractivity contribution in [3.63, 3.8) is 0 Å². The first-order valence-corrected chi connectivity index (χ1v) is 6.38. The number of aryl methyl sites for hydroxylation is 1. The summed E-state index contributed by atoms with van der Waals surface area (Å²) < 4.78 is 0. The molecule has 6 heteroatoms. The first-order valence-electron chi connectivity index (χ1n) is 6.38. The number of nitrogens with one attached hydrogen (secondary N) is 1. The maximum Gasteiger partial charge on any atom is 0.272 e. The lowest BCUT2D eigenvalue weighted by Gasteiger charge is -2.05. The first kappa shape index (κ1) is 14.1. The topological polar surface area (TPSA) is 81.0 Å². The van der Waals surface area contributed by atoms with Crippen molar-refractivity contribution in [2.45, 2.75) is 19.9 Å². The molecule has 1 aromatic carbocycles. The van der Waals surface area contributed by atoms with Crippen molar-refractivity contribution in [3.8, 4) is 0 Å². The molecule has 1 N–H and O–H groups in total. The molecule has 0 atom stereocenters. The highest BCUT2D eigenvalue weighted by atomic mass is 16.6. The Bertz CT molecular complexity index is 601. The van der Waals surface area contributed by atoms with Crippen LogP contribution in [0.5, 0.6) is 0 Å². The third-order valence-corrected chi connectivity index (χ3v) is 2.90. The lowest BCUT2D eigenvalue weighted by atomic mass is 10.1. The summed E-state index contributed by atoms with van der Waals surface area (Å²) in [4.78, 5) is 18.9. The van der Waals surface area contributed by atoms with Gasteiger partial charge in [-0.15, -0.1) is 0 Å². The Labute approximate surface area is 117 Å². The Hall–Kier alpha value is -2.34. The van der Waals surface area contributed by atoms with Crippen LogP contribution in [0.15, 0.2) is 36.5 Å². The van der Waals surface area contributed by atoms with Crippen LogP contribution in [-0.4, -0.2) is 21.4 Å². The molecule has 6 nitrogen and oxygen atoms in total. The second-order valence-electron chi connectivity index (χ2n) is 4.41. The molecule has 0 radical (unpaired) electrons. The SMILES string of the molecule is Cc1nccc(CNCCc2ccccc2[N+](=O)[O-])n1. The summed E-state index contributed by atoms with van der Waals surface area (Å²) in [6, 6.07) is 8.66. The van der Waals surface area contributed by atoms with Crippen LogP contribution >= 0.6 is 0 Å². The van der Waals surface area contributed by atoms with Gasteiger partial charge in [0, 0.05) is 24.4 Å². The number of hydrogen-bond acceptors (Lipinski definition) is 5. The van der Waals surface area contributed by atoms with Gasteiger partial charge in [0.15, 0.2) is 0 Å². The zero-order valence-electron chi connectivity index (χ0n) is 11.2. The number of aromatic nitrogens is 2. The molecular weight excluding hydrogens is 256 g/mol. The number of nitrogens with zero attached hydrogens (tertiary/aromatic N) is 3. The second kappa shape index (κ2) is 6.72. The monoisotopic (exact) mass is 272 g/mol. The quantitative estimate of drug-likeness (QED) is 0.494. The molecule has 1 aromatic heterocycles. The van der Waals surface area contributed by atoms with Gasteiger partial charge in [-0.25, -0.2) is 9.97 Å². The van der Waals surface area contributed by atoms with Crippen LogP contribution in [-0.2, 0) is 13.0 Å². The van der Waals surface area contributed by atoms with Crippen LogP contribution in [0.4, 0.5) is 5.69 Å². The van der Waals surface area contributed by atoms with E-state index < -0.39 is 0 Å². The minimum Gasteiger partial charge on any atom is -0.311 e. The summed E-state index contributed by atoms with van der Waals surface area (Å²) >= 11 is 0. The molecule has 0 amide bonds. The number of nitro groups is 1. The minimum absolute atomic E-state index is 0.173. The lowest BCUT2D eigenvalue weighted by Crippen LogP contribution is -2.18. The largest absolute Gasteiger partial charge is 0.311 e. The molecule has 0 bridgehead atoms. The maximum absolute atomic E-state index is 10.9.